The lowest BCUT2D eigenvalue weighted by molar-refractivity contribution is 0.590. The SMILES string of the molecule is CC(C)(C)c1ccc(N2c3cccc(c3)N(c3ccc(C(C)(C)C)cc3)c3c(oc4ccccc34)[B]c3cc(C(C)(C)C)ccc32)cc1. The minimum absolute atomic E-state index is 0.0190. The quantitative estimate of drug-likeness (QED) is 0.177. The number of benzene rings is 5. The summed E-state index contributed by atoms with van der Waals surface area (Å²) in [6, 6.07) is 42.3. The maximum atomic E-state index is 6.78. The highest BCUT2D eigenvalue weighted by Gasteiger charge is 2.29. The largest absolute Gasteiger partial charge is 0.469 e. The molecule has 2 heterocycles. The van der Waals surface area contributed by atoms with Crippen LogP contribution in [0.5, 0.6) is 0 Å². The molecule has 0 saturated carbocycles. The Balaban J connectivity index is 1.53. The van der Waals surface area contributed by atoms with E-state index in [1.165, 1.54) is 16.7 Å². The van der Waals surface area contributed by atoms with Crippen LogP contribution in [0.25, 0.3) is 11.0 Å². The summed E-state index contributed by atoms with van der Waals surface area (Å²) in [5.41, 5.74) is 13.3. The first kappa shape index (κ1) is 31.9. The van der Waals surface area contributed by atoms with Crippen LogP contribution in [-0.4, -0.2) is 7.28 Å². The zero-order valence-corrected chi connectivity index (χ0v) is 29.8. The molecule has 0 aliphatic carbocycles. The Morgan fingerprint density at radius 1 is 0.479 bits per heavy atom. The van der Waals surface area contributed by atoms with Crippen LogP contribution in [0.4, 0.5) is 34.1 Å². The molecule has 4 heteroatoms. The van der Waals surface area contributed by atoms with E-state index in [1.807, 2.05) is 0 Å². The van der Waals surface area contributed by atoms with Crippen LogP contribution in [-0.2, 0) is 16.2 Å². The molecule has 241 valence electrons. The fourth-order valence-corrected chi connectivity index (χ4v) is 6.69. The molecule has 0 fully saturated rings. The van der Waals surface area contributed by atoms with Gasteiger partial charge in [-0.25, -0.2) is 0 Å². The van der Waals surface area contributed by atoms with E-state index in [-0.39, 0.29) is 16.2 Å². The van der Waals surface area contributed by atoms with Crippen LogP contribution in [0.2, 0.25) is 0 Å². The lowest BCUT2D eigenvalue weighted by Gasteiger charge is -2.33. The number of para-hydroxylation sites is 1. The lowest BCUT2D eigenvalue weighted by Crippen LogP contribution is -2.35. The third-order valence-corrected chi connectivity index (χ3v) is 9.57. The predicted octanol–water partition coefficient (Wildman–Crippen LogP) is 11.2. The lowest BCUT2D eigenvalue weighted by atomic mass is 9.64. The second kappa shape index (κ2) is 11.5. The predicted molar refractivity (Wildman–Crippen MR) is 207 cm³/mol. The number of anilines is 6. The molecule has 1 aliphatic rings. The highest BCUT2D eigenvalue weighted by molar-refractivity contribution is 6.70. The van der Waals surface area contributed by atoms with Crippen molar-refractivity contribution < 1.29 is 4.42 Å². The van der Waals surface area contributed by atoms with Crippen molar-refractivity contribution in [3.63, 3.8) is 0 Å². The number of rotatable bonds is 2. The molecule has 0 N–H and O–H groups in total. The van der Waals surface area contributed by atoms with Crippen LogP contribution in [0, 0.1) is 0 Å². The van der Waals surface area contributed by atoms with Crippen LogP contribution < -0.4 is 20.9 Å². The van der Waals surface area contributed by atoms with E-state index in [2.05, 4.69) is 195 Å². The summed E-state index contributed by atoms with van der Waals surface area (Å²) in [5, 5.41) is 1.08. The van der Waals surface area contributed by atoms with Gasteiger partial charge in [0.25, 0.3) is 0 Å². The summed E-state index contributed by atoms with van der Waals surface area (Å²) < 4.78 is 6.78. The highest BCUT2D eigenvalue weighted by Crippen LogP contribution is 2.44. The maximum absolute atomic E-state index is 6.78. The van der Waals surface area contributed by atoms with Gasteiger partial charge in [0.2, 0.25) is 7.28 Å². The fraction of sp³-hybridized carbons (Fsp3) is 0.273. The molecule has 6 aromatic rings. The fourth-order valence-electron chi connectivity index (χ4n) is 6.69. The van der Waals surface area contributed by atoms with Crippen molar-refractivity contribution in [3.05, 3.63) is 132 Å². The van der Waals surface area contributed by atoms with Crippen LogP contribution in [0.1, 0.15) is 79.0 Å². The van der Waals surface area contributed by atoms with Gasteiger partial charge in [-0.15, -0.1) is 0 Å². The van der Waals surface area contributed by atoms with Gasteiger partial charge in [0, 0.05) is 33.8 Å². The van der Waals surface area contributed by atoms with E-state index < -0.39 is 0 Å². The van der Waals surface area contributed by atoms with E-state index in [0.717, 1.165) is 56.2 Å². The minimum Gasteiger partial charge on any atom is -0.469 e. The van der Waals surface area contributed by atoms with Gasteiger partial charge in [0.15, 0.2) is 0 Å². The van der Waals surface area contributed by atoms with Crippen LogP contribution in [0.3, 0.4) is 0 Å². The first-order chi connectivity index (χ1) is 22.7. The maximum Gasteiger partial charge on any atom is 0.246 e. The average Bonchev–Trinajstić information content (AvgIpc) is 3.38. The van der Waals surface area contributed by atoms with Gasteiger partial charge in [-0.2, -0.15) is 0 Å². The zero-order valence-electron chi connectivity index (χ0n) is 29.8. The molecule has 48 heavy (non-hydrogen) atoms. The molecule has 2 bridgehead atoms. The third-order valence-electron chi connectivity index (χ3n) is 9.57. The molecule has 1 aromatic heterocycles. The van der Waals surface area contributed by atoms with E-state index in [0.29, 0.717) is 0 Å². The van der Waals surface area contributed by atoms with Gasteiger partial charge < -0.3 is 14.2 Å². The Morgan fingerprint density at radius 2 is 1.00 bits per heavy atom. The second-order valence-corrected chi connectivity index (χ2v) is 16.3. The molecule has 0 atom stereocenters. The summed E-state index contributed by atoms with van der Waals surface area (Å²) in [7, 11) is 2.25. The van der Waals surface area contributed by atoms with Crippen LogP contribution in [0.15, 0.2) is 120 Å². The van der Waals surface area contributed by atoms with Gasteiger partial charge in [-0.05, 0) is 93.6 Å². The number of fused-ring (bicyclic) bond motifs is 6. The normalized spacial score (nSPS) is 13.6. The summed E-state index contributed by atoms with van der Waals surface area (Å²) >= 11 is 0. The molecule has 1 radical (unpaired) electrons. The number of furan rings is 1. The first-order valence-electron chi connectivity index (χ1n) is 17.1. The minimum atomic E-state index is -0.0190. The molecule has 0 amide bonds. The summed E-state index contributed by atoms with van der Waals surface area (Å²) in [4.78, 5) is 4.76. The van der Waals surface area contributed by atoms with Gasteiger partial charge >= 0.3 is 0 Å². The monoisotopic (exact) mass is 629 g/mol. The summed E-state index contributed by atoms with van der Waals surface area (Å²) in [6.45, 7) is 20.4. The summed E-state index contributed by atoms with van der Waals surface area (Å²) in [6.07, 6.45) is 0. The Morgan fingerprint density at radius 3 is 1.58 bits per heavy atom. The number of hydrogen-bond donors (Lipinski definition) is 0. The van der Waals surface area contributed by atoms with Gasteiger partial charge in [-0.1, -0.05) is 122 Å². The third kappa shape index (κ3) is 5.83. The van der Waals surface area contributed by atoms with Crippen molar-refractivity contribution in [2.75, 3.05) is 9.80 Å². The first-order valence-corrected chi connectivity index (χ1v) is 17.1. The smallest absolute Gasteiger partial charge is 0.246 e. The molecule has 7 rings (SSSR count). The molecule has 1 aliphatic heterocycles. The molecule has 0 spiro atoms. The van der Waals surface area contributed by atoms with Crippen molar-refractivity contribution in [3.8, 4) is 0 Å². The Hall–Kier alpha value is -4.70. The van der Waals surface area contributed by atoms with E-state index >= 15 is 0 Å². The Bertz CT molecular complexity index is 2100. The topological polar surface area (TPSA) is 19.6 Å². The zero-order chi connectivity index (χ0) is 34.0. The number of hydrogen-bond acceptors (Lipinski definition) is 3. The van der Waals surface area contributed by atoms with Crippen LogP contribution >= 0.6 is 0 Å². The second-order valence-electron chi connectivity index (χ2n) is 16.3. The van der Waals surface area contributed by atoms with E-state index in [4.69, 9.17) is 4.42 Å². The van der Waals surface area contributed by atoms with Gasteiger partial charge in [0.1, 0.15) is 5.58 Å². The Kier molecular flexibility index (Phi) is 7.62. The van der Waals surface area contributed by atoms with Crippen molar-refractivity contribution >= 4 is 63.5 Å². The van der Waals surface area contributed by atoms with Crippen molar-refractivity contribution in [2.45, 2.75) is 78.6 Å². The Labute approximate surface area is 287 Å². The van der Waals surface area contributed by atoms with Crippen molar-refractivity contribution in [1.82, 2.24) is 0 Å². The molecule has 0 saturated heterocycles. The molecular formula is C44H46BN2O. The van der Waals surface area contributed by atoms with E-state index in [9.17, 15) is 0 Å². The van der Waals surface area contributed by atoms with Gasteiger partial charge in [0.05, 0.1) is 11.3 Å². The average molecular weight is 630 g/mol. The van der Waals surface area contributed by atoms with Crippen molar-refractivity contribution in [1.29, 1.82) is 0 Å². The molecule has 0 unspecified atom stereocenters. The number of nitrogens with zero attached hydrogens (tertiary/aromatic N) is 2. The highest BCUT2D eigenvalue weighted by atomic mass is 16.3. The molecular weight excluding hydrogens is 583 g/mol. The molecule has 3 nitrogen and oxygen atoms in total. The van der Waals surface area contributed by atoms with E-state index in [1.54, 1.807) is 0 Å². The summed E-state index contributed by atoms with van der Waals surface area (Å²) in [5.74, 6) is 0. The standard InChI is InChI=1S/C44H46BN2O/c1-42(2,3)29-17-22-32(23-18-29)46-34-13-12-14-35(28-34)47(33-24-19-30(20-25-33)43(4,5)6)40-36-15-10-11-16-39(36)48-41(40)45-37-27-31(44(7,8)9)21-26-38(37)46/h10-28H,1-9H3. The van der Waals surface area contributed by atoms with Crippen molar-refractivity contribution in [2.24, 2.45) is 0 Å². The molecule has 5 aromatic carbocycles. The van der Waals surface area contributed by atoms with Gasteiger partial charge in [-0.3, -0.25) is 0 Å².